The first-order valence-electron chi connectivity index (χ1n) is 6.44. The van der Waals surface area contributed by atoms with E-state index < -0.39 is 0 Å². The van der Waals surface area contributed by atoms with Gasteiger partial charge in [0.2, 0.25) is 0 Å². The molecule has 100 valence electrons. The lowest BCUT2D eigenvalue weighted by Crippen LogP contribution is -2.18. The summed E-state index contributed by atoms with van der Waals surface area (Å²) in [7, 11) is 0. The zero-order chi connectivity index (χ0) is 13.5. The number of aromatic amines is 1. The average molecular weight is 269 g/mol. The van der Waals surface area contributed by atoms with E-state index in [0.29, 0.717) is 24.6 Å². The van der Waals surface area contributed by atoms with Crippen molar-refractivity contribution in [3.8, 4) is 16.9 Å². The van der Waals surface area contributed by atoms with Crippen molar-refractivity contribution < 1.29 is 9.13 Å². The molecule has 1 aromatic carbocycles. The van der Waals surface area contributed by atoms with Crippen LogP contribution in [0.5, 0.6) is 5.75 Å². The van der Waals surface area contributed by atoms with Crippen molar-refractivity contribution in [3.63, 3.8) is 0 Å². The van der Waals surface area contributed by atoms with Crippen LogP contribution in [-0.2, 0) is 0 Å². The highest BCUT2D eigenvalue weighted by Crippen LogP contribution is 2.37. The van der Waals surface area contributed by atoms with Crippen molar-refractivity contribution in [2.75, 3.05) is 18.5 Å². The van der Waals surface area contributed by atoms with Crippen LogP contribution in [0.2, 0.25) is 0 Å². The molecule has 0 spiro atoms. The molecule has 0 bridgehead atoms. The van der Waals surface area contributed by atoms with E-state index in [-0.39, 0.29) is 5.82 Å². The lowest BCUT2D eigenvalue weighted by molar-refractivity contribution is 0.306. The Labute approximate surface area is 114 Å². The van der Waals surface area contributed by atoms with Crippen LogP contribution in [0.1, 0.15) is 0 Å². The molecule has 20 heavy (non-hydrogen) atoms. The van der Waals surface area contributed by atoms with Crippen molar-refractivity contribution in [2.45, 2.75) is 0 Å². The molecule has 0 fully saturated rings. The zero-order valence-corrected chi connectivity index (χ0v) is 10.6. The Kier molecular flexibility index (Phi) is 2.39. The monoisotopic (exact) mass is 269 g/mol. The minimum absolute atomic E-state index is 0.304. The van der Waals surface area contributed by atoms with Gasteiger partial charge < -0.3 is 15.0 Å². The van der Waals surface area contributed by atoms with Gasteiger partial charge in [-0.3, -0.25) is 4.98 Å². The Morgan fingerprint density at radius 2 is 2.25 bits per heavy atom. The maximum atomic E-state index is 14.1. The molecule has 0 saturated carbocycles. The van der Waals surface area contributed by atoms with Crippen LogP contribution >= 0.6 is 0 Å². The molecule has 5 heteroatoms. The molecule has 3 heterocycles. The smallest absolute Gasteiger partial charge is 0.178 e. The number of hydrogen-bond donors (Lipinski definition) is 2. The highest BCUT2D eigenvalue weighted by atomic mass is 19.1. The first-order chi connectivity index (χ1) is 9.83. The summed E-state index contributed by atoms with van der Waals surface area (Å²) in [5, 5.41) is 4.14. The highest BCUT2D eigenvalue weighted by molar-refractivity contribution is 5.95. The first-order valence-corrected chi connectivity index (χ1v) is 6.44. The summed E-state index contributed by atoms with van der Waals surface area (Å²) < 4.78 is 19.5. The Hall–Kier alpha value is -2.56. The molecule has 0 saturated heterocycles. The number of halogens is 1. The SMILES string of the molecule is Fc1cc(-c2c[nH]c3ccncc23)cc2c1OCCN2. The molecule has 0 unspecified atom stereocenters. The van der Waals surface area contributed by atoms with Crippen LogP contribution in [0.15, 0.2) is 36.8 Å². The predicted octanol–water partition coefficient (Wildman–Crippen LogP) is 3.17. The number of pyridine rings is 1. The Bertz CT molecular complexity index is 797. The molecular formula is C15H12FN3O. The van der Waals surface area contributed by atoms with E-state index in [2.05, 4.69) is 15.3 Å². The quantitative estimate of drug-likeness (QED) is 0.713. The summed E-state index contributed by atoms with van der Waals surface area (Å²) >= 11 is 0. The number of aromatic nitrogens is 2. The second-order valence-electron chi connectivity index (χ2n) is 4.73. The van der Waals surface area contributed by atoms with E-state index in [1.165, 1.54) is 6.07 Å². The number of fused-ring (bicyclic) bond motifs is 2. The molecule has 2 aromatic heterocycles. The highest BCUT2D eigenvalue weighted by Gasteiger charge is 2.17. The Morgan fingerprint density at radius 3 is 3.20 bits per heavy atom. The van der Waals surface area contributed by atoms with Gasteiger partial charge in [-0.1, -0.05) is 0 Å². The predicted molar refractivity (Wildman–Crippen MR) is 75.5 cm³/mol. The van der Waals surface area contributed by atoms with Crippen LogP contribution in [0.4, 0.5) is 10.1 Å². The van der Waals surface area contributed by atoms with Gasteiger partial charge in [0.1, 0.15) is 6.61 Å². The molecule has 4 nitrogen and oxygen atoms in total. The number of ether oxygens (including phenoxy) is 1. The molecule has 1 aliphatic rings. The molecule has 0 aliphatic carbocycles. The number of nitrogens with zero attached hydrogens (tertiary/aromatic N) is 1. The molecular weight excluding hydrogens is 257 g/mol. The number of H-pyrrole nitrogens is 1. The van der Waals surface area contributed by atoms with E-state index in [1.54, 1.807) is 12.4 Å². The van der Waals surface area contributed by atoms with Gasteiger partial charge in [0.15, 0.2) is 11.6 Å². The third kappa shape index (κ3) is 1.63. The lowest BCUT2D eigenvalue weighted by Gasteiger charge is -2.20. The van der Waals surface area contributed by atoms with E-state index in [0.717, 1.165) is 22.0 Å². The van der Waals surface area contributed by atoms with Crippen LogP contribution in [0, 0.1) is 5.82 Å². The number of rotatable bonds is 1. The zero-order valence-electron chi connectivity index (χ0n) is 10.6. The fourth-order valence-electron chi connectivity index (χ4n) is 2.57. The van der Waals surface area contributed by atoms with Gasteiger partial charge >= 0.3 is 0 Å². The maximum Gasteiger partial charge on any atom is 0.178 e. The third-order valence-corrected chi connectivity index (χ3v) is 3.50. The molecule has 0 atom stereocenters. The molecule has 0 amide bonds. The summed E-state index contributed by atoms with van der Waals surface area (Å²) in [5.41, 5.74) is 3.42. The first kappa shape index (κ1) is 11.3. The number of hydrogen-bond acceptors (Lipinski definition) is 3. The molecule has 2 N–H and O–H groups in total. The summed E-state index contributed by atoms with van der Waals surface area (Å²) in [6, 6.07) is 5.31. The van der Waals surface area contributed by atoms with E-state index in [1.807, 2.05) is 18.3 Å². The van der Waals surface area contributed by atoms with Gasteiger partial charge in [0.05, 0.1) is 5.69 Å². The van der Waals surface area contributed by atoms with Crippen LogP contribution in [0.3, 0.4) is 0 Å². The summed E-state index contributed by atoms with van der Waals surface area (Å²) in [4.78, 5) is 7.30. The normalized spacial score (nSPS) is 13.7. The second kappa shape index (κ2) is 4.23. The van der Waals surface area contributed by atoms with E-state index >= 15 is 0 Å². The number of nitrogens with one attached hydrogen (secondary N) is 2. The fraction of sp³-hybridized carbons (Fsp3) is 0.133. The topological polar surface area (TPSA) is 49.9 Å². The van der Waals surface area contributed by atoms with E-state index in [9.17, 15) is 4.39 Å². The van der Waals surface area contributed by atoms with Gasteiger partial charge in [-0.15, -0.1) is 0 Å². The van der Waals surface area contributed by atoms with Crippen molar-refractivity contribution in [2.24, 2.45) is 0 Å². The summed E-state index contributed by atoms with van der Waals surface area (Å²) in [6.07, 6.45) is 5.38. The number of anilines is 1. The third-order valence-electron chi connectivity index (χ3n) is 3.50. The molecule has 4 rings (SSSR count). The van der Waals surface area contributed by atoms with Crippen LogP contribution < -0.4 is 10.1 Å². The second-order valence-corrected chi connectivity index (χ2v) is 4.73. The Morgan fingerprint density at radius 1 is 1.30 bits per heavy atom. The van der Waals surface area contributed by atoms with Gasteiger partial charge in [-0.2, -0.15) is 0 Å². The lowest BCUT2D eigenvalue weighted by atomic mass is 10.0. The Balaban J connectivity index is 1.92. The van der Waals surface area contributed by atoms with Crippen molar-refractivity contribution in [1.82, 2.24) is 9.97 Å². The number of benzene rings is 1. The molecule has 3 aromatic rings. The van der Waals surface area contributed by atoms with Crippen LogP contribution in [0.25, 0.3) is 22.0 Å². The van der Waals surface area contributed by atoms with Crippen molar-refractivity contribution >= 4 is 16.6 Å². The van der Waals surface area contributed by atoms with Gasteiger partial charge in [-0.25, -0.2) is 4.39 Å². The average Bonchev–Trinajstić information content (AvgIpc) is 2.91. The summed E-state index contributed by atoms with van der Waals surface area (Å²) in [5.74, 6) is -0.0408. The van der Waals surface area contributed by atoms with Gasteiger partial charge in [-0.05, 0) is 23.8 Å². The van der Waals surface area contributed by atoms with Crippen molar-refractivity contribution in [1.29, 1.82) is 0 Å². The van der Waals surface area contributed by atoms with Gasteiger partial charge in [0.25, 0.3) is 0 Å². The molecule has 0 radical (unpaired) electrons. The molecule has 1 aliphatic heterocycles. The standard InChI is InChI=1S/C15H12FN3O/c16-12-5-9(6-14-15(12)20-4-3-18-14)10-8-19-13-1-2-17-7-11(10)13/h1-2,5-8,18-19H,3-4H2. The fourth-order valence-corrected chi connectivity index (χ4v) is 2.57. The van der Waals surface area contributed by atoms with E-state index in [4.69, 9.17) is 4.74 Å². The largest absolute Gasteiger partial charge is 0.486 e. The minimum Gasteiger partial charge on any atom is -0.486 e. The minimum atomic E-state index is -0.344. The summed E-state index contributed by atoms with van der Waals surface area (Å²) in [6.45, 7) is 1.17. The van der Waals surface area contributed by atoms with Gasteiger partial charge in [0, 0.05) is 41.6 Å². The van der Waals surface area contributed by atoms with Crippen molar-refractivity contribution in [3.05, 3.63) is 42.6 Å². The maximum absolute atomic E-state index is 14.1. The van der Waals surface area contributed by atoms with Crippen LogP contribution in [-0.4, -0.2) is 23.1 Å².